The van der Waals surface area contributed by atoms with Crippen molar-refractivity contribution in [3.63, 3.8) is 0 Å². The molecule has 0 amide bonds. The van der Waals surface area contributed by atoms with E-state index in [1.165, 1.54) is 5.56 Å². The molecule has 0 spiro atoms. The third-order valence-electron chi connectivity index (χ3n) is 3.55. The van der Waals surface area contributed by atoms with Crippen molar-refractivity contribution in [2.75, 3.05) is 0 Å². The Morgan fingerprint density at radius 1 is 1.10 bits per heavy atom. The average molecular weight is 285 g/mol. The zero-order valence-corrected chi connectivity index (χ0v) is 12.4. The van der Waals surface area contributed by atoms with Crippen LogP contribution in [0, 0.1) is 0 Å². The van der Waals surface area contributed by atoms with E-state index in [0.29, 0.717) is 0 Å². The fraction of sp³-hybridized carbons (Fsp3) is 0.235. The second-order valence-corrected chi connectivity index (χ2v) is 5.58. The van der Waals surface area contributed by atoms with Crippen LogP contribution in [-0.2, 0) is 6.42 Å². The van der Waals surface area contributed by atoms with Gasteiger partial charge in [0.1, 0.15) is 5.82 Å². The van der Waals surface area contributed by atoms with Crippen molar-refractivity contribution in [2.45, 2.75) is 25.6 Å². The summed E-state index contributed by atoms with van der Waals surface area (Å²) in [5.74, 6) is 0.886. The molecule has 2 nitrogen and oxygen atoms in total. The van der Waals surface area contributed by atoms with Gasteiger partial charge < -0.3 is 0 Å². The van der Waals surface area contributed by atoms with Crippen LogP contribution in [0.15, 0.2) is 48.5 Å². The number of hydrogen-bond acceptors (Lipinski definition) is 1. The molecule has 0 fully saturated rings. The van der Waals surface area contributed by atoms with E-state index in [1.54, 1.807) is 0 Å². The van der Waals surface area contributed by atoms with Gasteiger partial charge in [-0.05, 0) is 43.2 Å². The van der Waals surface area contributed by atoms with Crippen LogP contribution in [0.1, 0.15) is 30.6 Å². The maximum absolute atomic E-state index is 6.30. The average Bonchev–Trinajstić information content (AvgIpc) is 2.87. The summed E-state index contributed by atoms with van der Waals surface area (Å²) in [6.45, 7) is 4.12. The van der Waals surface area contributed by atoms with Crippen molar-refractivity contribution in [2.24, 2.45) is 0 Å². The molecular formula is C17H17ClN2. The topological polar surface area (TPSA) is 17.8 Å². The highest BCUT2D eigenvalue weighted by atomic mass is 35.5. The highest BCUT2D eigenvalue weighted by Crippen LogP contribution is 2.28. The number of halogens is 1. The highest BCUT2D eigenvalue weighted by Gasteiger charge is 2.15. The number of para-hydroxylation sites is 2. The molecule has 1 atom stereocenters. The lowest BCUT2D eigenvalue weighted by Crippen LogP contribution is -2.01. The quantitative estimate of drug-likeness (QED) is 0.626. The number of fused-ring (bicyclic) bond motifs is 1. The Balaban J connectivity index is 2.24. The number of imidazole rings is 1. The molecule has 0 bridgehead atoms. The summed E-state index contributed by atoms with van der Waals surface area (Å²) in [6.07, 6.45) is 1.05. The Bertz CT molecular complexity index is 726. The van der Waals surface area contributed by atoms with Crippen LogP contribution in [0.3, 0.4) is 0 Å². The van der Waals surface area contributed by atoms with Gasteiger partial charge in [0, 0.05) is 5.69 Å². The van der Waals surface area contributed by atoms with Crippen molar-refractivity contribution in [3.05, 3.63) is 59.9 Å². The Kier molecular flexibility index (Phi) is 3.49. The third kappa shape index (κ3) is 2.20. The predicted molar refractivity (Wildman–Crippen MR) is 84.7 cm³/mol. The molecule has 0 aliphatic heterocycles. The van der Waals surface area contributed by atoms with Gasteiger partial charge in [-0.1, -0.05) is 31.2 Å². The van der Waals surface area contributed by atoms with Crippen LogP contribution >= 0.6 is 11.6 Å². The summed E-state index contributed by atoms with van der Waals surface area (Å²) in [4.78, 5) is 4.66. The number of aryl methyl sites for hydroxylation is 1. The summed E-state index contributed by atoms with van der Waals surface area (Å²) in [6, 6.07) is 16.7. The molecule has 20 heavy (non-hydrogen) atoms. The molecule has 0 aliphatic rings. The van der Waals surface area contributed by atoms with E-state index in [2.05, 4.69) is 46.8 Å². The van der Waals surface area contributed by atoms with E-state index in [1.807, 2.05) is 25.1 Å². The first kappa shape index (κ1) is 13.2. The zero-order chi connectivity index (χ0) is 14.1. The molecule has 1 unspecified atom stereocenters. The van der Waals surface area contributed by atoms with Crippen molar-refractivity contribution in [1.82, 2.24) is 9.55 Å². The molecular weight excluding hydrogens is 268 g/mol. The second kappa shape index (κ2) is 5.29. The maximum atomic E-state index is 6.30. The van der Waals surface area contributed by atoms with E-state index in [4.69, 9.17) is 11.6 Å². The van der Waals surface area contributed by atoms with Crippen LogP contribution in [0.2, 0.25) is 0 Å². The van der Waals surface area contributed by atoms with Crippen LogP contribution in [0.4, 0.5) is 0 Å². The molecule has 0 saturated carbocycles. The SMILES string of the molecule is CCc1ccc(-n2c(C(C)Cl)nc3ccccc32)cc1. The molecule has 0 saturated heterocycles. The summed E-state index contributed by atoms with van der Waals surface area (Å²) in [7, 11) is 0. The summed E-state index contributed by atoms with van der Waals surface area (Å²) >= 11 is 6.30. The van der Waals surface area contributed by atoms with Crippen molar-refractivity contribution in [1.29, 1.82) is 0 Å². The monoisotopic (exact) mass is 284 g/mol. The second-order valence-electron chi connectivity index (χ2n) is 4.93. The van der Waals surface area contributed by atoms with Gasteiger partial charge in [-0.15, -0.1) is 11.6 Å². The predicted octanol–water partition coefficient (Wildman–Crippen LogP) is 4.89. The minimum Gasteiger partial charge on any atom is -0.295 e. The van der Waals surface area contributed by atoms with Crippen LogP contribution in [-0.4, -0.2) is 9.55 Å². The van der Waals surface area contributed by atoms with E-state index >= 15 is 0 Å². The standard InChI is InChI=1S/C17H17ClN2/c1-3-13-8-10-14(11-9-13)20-16-7-5-4-6-15(16)19-17(20)12(2)18/h4-12H,3H2,1-2H3. The minimum absolute atomic E-state index is 0.131. The number of alkyl halides is 1. The lowest BCUT2D eigenvalue weighted by molar-refractivity contribution is 0.882. The molecule has 2 aromatic carbocycles. The number of nitrogens with zero attached hydrogens (tertiary/aromatic N) is 2. The van der Waals surface area contributed by atoms with Gasteiger partial charge in [-0.2, -0.15) is 0 Å². The minimum atomic E-state index is -0.131. The first-order valence-electron chi connectivity index (χ1n) is 6.91. The Labute approximate surface area is 124 Å². The van der Waals surface area contributed by atoms with Gasteiger partial charge in [0.2, 0.25) is 0 Å². The molecule has 3 rings (SSSR count). The fourth-order valence-electron chi connectivity index (χ4n) is 2.46. The molecule has 3 heteroatoms. The Hall–Kier alpha value is -1.80. The molecule has 102 valence electrons. The van der Waals surface area contributed by atoms with Gasteiger partial charge in [-0.25, -0.2) is 4.98 Å². The number of benzene rings is 2. The molecule has 1 aromatic heterocycles. The Morgan fingerprint density at radius 3 is 2.45 bits per heavy atom. The van der Waals surface area contributed by atoms with Crippen molar-refractivity contribution < 1.29 is 0 Å². The van der Waals surface area contributed by atoms with Gasteiger partial charge in [0.25, 0.3) is 0 Å². The normalized spacial score (nSPS) is 12.8. The molecule has 0 N–H and O–H groups in total. The molecule has 1 heterocycles. The van der Waals surface area contributed by atoms with Gasteiger partial charge in [0.05, 0.1) is 16.4 Å². The van der Waals surface area contributed by atoms with Crippen LogP contribution in [0.25, 0.3) is 16.7 Å². The van der Waals surface area contributed by atoms with Crippen molar-refractivity contribution >= 4 is 22.6 Å². The molecule has 3 aromatic rings. The third-order valence-corrected chi connectivity index (χ3v) is 3.74. The van der Waals surface area contributed by atoms with Crippen molar-refractivity contribution in [3.8, 4) is 5.69 Å². The van der Waals surface area contributed by atoms with Crippen LogP contribution in [0.5, 0.6) is 0 Å². The first-order chi connectivity index (χ1) is 9.70. The van der Waals surface area contributed by atoms with Crippen LogP contribution < -0.4 is 0 Å². The Morgan fingerprint density at radius 2 is 1.80 bits per heavy atom. The van der Waals surface area contributed by atoms with E-state index in [0.717, 1.165) is 29.0 Å². The van der Waals surface area contributed by atoms with E-state index in [9.17, 15) is 0 Å². The molecule has 0 radical (unpaired) electrons. The fourth-order valence-corrected chi connectivity index (χ4v) is 2.61. The van der Waals surface area contributed by atoms with Gasteiger partial charge >= 0.3 is 0 Å². The lowest BCUT2D eigenvalue weighted by atomic mass is 10.1. The van der Waals surface area contributed by atoms with Gasteiger partial charge in [0.15, 0.2) is 0 Å². The van der Waals surface area contributed by atoms with E-state index in [-0.39, 0.29) is 5.38 Å². The number of rotatable bonds is 3. The summed E-state index contributed by atoms with van der Waals surface area (Å²) < 4.78 is 2.15. The highest BCUT2D eigenvalue weighted by molar-refractivity contribution is 6.20. The van der Waals surface area contributed by atoms with E-state index < -0.39 is 0 Å². The summed E-state index contributed by atoms with van der Waals surface area (Å²) in [5.41, 5.74) is 4.52. The number of aromatic nitrogens is 2. The smallest absolute Gasteiger partial charge is 0.132 e. The first-order valence-corrected chi connectivity index (χ1v) is 7.35. The maximum Gasteiger partial charge on any atom is 0.132 e. The summed E-state index contributed by atoms with van der Waals surface area (Å²) in [5, 5.41) is -0.131. The number of hydrogen-bond donors (Lipinski definition) is 0. The van der Waals surface area contributed by atoms with Gasteiger partial charge in [-0.3, -0.25) is 4.57 Å². The lowest BCUT2D eigenvalue weighted by Gasteiger charge is -2.11. The zero-order valence-electron chi connectivity index (χ0n) is 11.7. The largest absolute Gasteiger partial charge is 0.295 e. The molecule has 0 aliphatic carbocycles.